The smallest absolute Gasteiger partial charge is 0.412 e. The largest absolute Gasteiger partial charge is 0.488 e. The Hall–Kier alpha value is -2.20. The van der Waals surface area contributed by atoms with Gasteiger partial charge in [0.1, 0.15) is 18.1 Å². The highest BCUT2D eigenvalue weighted by atomic mass is 35.5. The molecule has 5 heteroatoms. The summed E-state index contributed by atoms with van der Waals surface area (Å²) in [5, 5.41) is 2.91. The van der Waals surface area contributed by atoms with Crippen molar-refractivity contribution in [1.29, 1.82) is 0 Å². The lowest BCUT2D eigenvalue weighted by Crippen LogP contribution is -2.22. The van der Waals surface area contributed by atoms with E-state index in [0.717, 1.165) is 17.7 Å². The zero-order chi connectivity index (χ0) is 16.8. The van der Waals surface area contributed by atoms with E-state index in [1.807, 2.05) is 19.1 Å². The fourth-order valence-corrected chi connectivity index (χ4v) is 2.39. The molecule has 1 N–H and O–H groups in total. The second kappa shape index (κ2) is 7.88. The van der Waals surface area contributed by atoms with Gasteiger partial charge in [0.05, 0.1) is 10.6 Å². The van der Waals surface area contributed by atoms with Crippen molar-refractivity contribution in [3.8, 4) is 11.5 Å². The molecule has 0 heterocycles. The van der Waals surface area contributed by atoms with Crippen molar-refractivity contribution in [2.24, 2.45) is 0 Å². The predicted molar refractivity (Wildman–Crippen MR) is 91.4 cm³/mol. The molecular weight excluding hydrogens is 314 g/mol. The van der Waals surface area contributed by atoms with E-state index in [9.17, 15) is 4.79 Å². The number of aryl methyl sites for hydroxylation is 2. The highest BCUT2D eigenvalue weighted by Crippen LogP contribution is 2.29. The number of rotatable bonds is 5. The van der Waals surface area contributed by atoms with Crippen LogP contribution in [-0.4, -0.2) is 13.1 Å². The van der Waals surface area contributed by atoms with E-state index in [2.05, 4.69) is 18.3 Å². The minimum atomic E-state index is -0.544. The van der Waals surface area contributed by atoms with Gasteiger partial charge in [0.2, 0.25) is 0 Å². The van der Waals surface area contributed by atoms with Crippen LogP contribution < -0.4 is 14.8 Å². The Bertz CT molecular complexity index is 701. The van der Waals surface area contributed by atoms with Gasteiger partial charge in [-0.3, -0.25) is 0 Å². The lowest BCUT2D eigenvalue weighted by atomic mass is 10.1. The maximum atomic E-state index is 11.4. The van der Waals surface area contributed by atoms with Crippen molar-refractivity contribution < 1.29 is 14.3 Å². The Labute approximate surface area is 141 Å². The molecule has 2 aromatic carbocycles. The van der Waals surface area contributed by atoms with Gasteiger partial charge < -0.3 is 14.8 Å². The van der Waals surface area contributed by atoms with Gasteiger partial charge in [0, 0.05) is 7.05 Å². The summed E-state index contributed by atoms with van der Waals surface area (Å²) in [6.45, 7) is 4.34. The van der Waals surface area contributed by atoms with Crippen molar-refractivity contribution >= 4 is 17.7 Å². The van der Waals surface area contributed by atoms with Gasteiger partial charge in [-0.2, -0.15) is 0 Å². The summed E-state index contributed by atoms with van der Waals surface area (Å²) in [5.41, 5.74) is 2.96. The van der Waals surface area contributed by atoms with Crippen LogP contribution in [0.2, 0.25) is 5.02 Å². The number of nitrogens with one attached hydrogen (secondary N) is 1. The van der Waals surface area contributed by atoms with E-state index >= 15 is 0 Å². The summed E-state index contributed by atoms with van der Waals surface area (Å²) < 4.78 is 11.1. The minimum Gasteiger partial charge on any atom is -0.488 e. The van der Waals surface area contributed by atoms with Gasteiger partial charge in [-0.25, -0.2) is 4.79 Å². The molecule has 0 atom stereocenters. The van der Waals surface area contributed by atoms with Crippen LogP contribution in [0, 0.1) is 6.92 Å². The molecule has 4 nitrogen and oxygen atoms in total. The number of amides is 1. The van der Waals surface area contributed by atoms with Crippen LogP contribution in [0.3, 0.4) is 0 Å². The van der Waals surface area contributed by atoms with Gasteiger partial charge in [-0.05, 0) is 42.7 Å². The first-order valence-corrected chi connectivity index (χ1v) is 7.82. The van der Waals surface area contributed by atoms with Gasteiger partial charge in [0.15, 0.2) is 0 Å². The maximum Gasteiger partial charge on any atom is 0.412 e. The minimum absolute atomic E-state index is 0.221. The van der Waals surface area contributed by atoms with Crippen LogP contribution in [0.4, 0.5) is 4.79 Å². The van der Waals surface area contributed by atoms with E-state index < -0.39 is 6.09 Å². The molecule has 0 aliphatic heterocycles. The van der Waals surface area contributed by atoms with Crippen molar-refractivity contribution in [3.05, 3.63) is 58.1 Å². The quantitative estimate of drug-likeness (QED) is 0.875. The first kappa shape index (κ1) is 17.2. The first-order chi connectivity index (χ1) is 11.0. The summed E-state index contributed by atoms with van der Waals surface area (Å²) in [4.78, 5) is 11.4. The number of benzene rings is 2. The number of halogens is 1. The average Bonchev–Trinajstić information content (AvgIpc) is 2.55. The summed E-state index contributed by atoms with van der Waals surface area (Å²) in [5.74, 6) is 1.17. The second-order valence-corrected chi connectivity index (χ2v) is 5.51. The van der Waals surface area contributed by atoms with Crippen LogP contribution in [0.25, 0.3) is 0 Å². The first-order valence-electron chi connectivity index (χ1n) is 7.44. The van der Waals surface area contributed by atoms with E-state index in [1.165, 1.54) is 12.6 Å². The van der Waals surface area contributed by atoms with Gasteiger partial charge in [-0.15, -0.1) is 0 Å². The Balaban J connectivity index is 2.18. The molecule has 0 spiro atoms. The van der Waals surface area contributed by atoms with Crippen molar-refractivity contribution in [1.82, 2.24) is 5.32 Å². The molecule has 1 amide bonds. The fraction of sp³-hybridized carbons (Fsp3) is 0.278. The Kier molecular flexibility index (Phi) is 5.88. The van der Waals surface area contributed by atoms with Crippen LogP contribution in [-0.2, 0) is 13.0 Å². The Morgan fingerprint density at radius 2 is 2.00 bits per heavy atom. The van der Waals surface area contributed by atoms with E-state index in [-0.39, 0.29) is 6.61 Å². The fourth-order valence-electron chi connectivity index (χ4n) is 2.17. The summed E-state index contributed by atoms with van der Waals surface area (Å²) in [7, 11) is 1.50. The molecule has 0 fully saturated rings. The van der Waals surface area contributed by atoms with E-state index in [4.69, 9.17) is 21.1 Å². The zero-order valence-corrected chi connectivity index (χ0v) is 14.2. The molecule has 0 saturated heterocycles. The SMILES string of the molecule is CCc1ccc(OCc2c(Cl)cccc2OC(=O)NC)c(C)c1. The molecule has 0 bridgehead atoms. The van der Waals surface area contributed by atoms with Crippen molar-refractivity contribution in [3.63, 3.8) is 0 Å². The molecule has 122 valence electrons. The molecule has 2 aromatic rings. The predicted octanol–water partition coefficient (Wildman–Crippen LogP) is 4.51. The average molecular weight is 334 g/mol. The molecule has 0 aliphatic rings. The third-order valence-electron chi connectivity index (χ3n) is 3.50. The van der Waals surface area contributed by atoms with Crippen LogP contribution in [0.5, 0.6) is 11.5 Å². The standard InChI is InChI=1S/C18H20ClNO3/c1-4-13-8-9-16(12(2)10-13)22-11-14-15(19)6-5-7-17(14)23-18(21)20-3/h5-10H,4,11H2,1-3H3,(H,20,21). The second-order valence-electron chi connectivity index (χ2n) is 5.10. The van der Waals surface area contributed by atoms with Gasteiger partial charge in [0.25, 0.3) is 0 Å². The van der Waals surface area contributed by atoms with Gasteiger partial charge in [-0.1, -0.05) is 36.7 Å². The van der Waals surface area contributed by atoms with E-state index in [0.29, 0.717) is 16.3 Å². The number of ether oxygens (including phenoxy) is 2. The molecule has 0 aliphatic carbocycles. The lowest BCUT2D eigenvalue weighted by Gasteiger charge is -2.14. The summed E-state index contributed by atoms with van der Waals surface area (Å²) in [6.07, 6.45) is 0.437. The Morgan fingerprint density at radius 3 is 2.65 bits per heavy atom. The van der Waals surface area contributed by atoms with Crippen molar-refractivity contribution in [2.75, 3.05) is 7.05 Å². The molecule has 2 rings (SSSR count). The molecule has 0 unspecified atom stereocenters. The third-order valence-corrected chi connectivity index (χ3v) is 3.86. The molecule has 0 radical (unpaired) electrons. The Morgan fingerprint density at radius 1 is 1.22 bits per heavy atom. The van der Waals surface area contributed by atoms with Crippen LogP contribution >= 0.6 is 11.6 Å². The maximum absolute atomic E-state index is 11.4. The monoisotopic (exact) mass is 333 g/mol. The molecule has 23 heavy (non-hydrogen) atoms. The summed E-state index contributed by atoms with van der Waals surface area (Å²) >= 11 is 6.22. The number of carbonyl (C=O) groups is 1. The lowest BCUT2D eigenvalue weighted by molar-refractivity contribution is 0.201. The topological polar surface area (TPSA) is 47.6 Å². The highest BCUT2D eigenvalue weighted by molar-refractivity contribution is 6.31. The van der Waals surface area contributed by atoms with Gasteiger partial charge >= 0.3 is 6.09 Å². The number of carbonyl (C=O) groups excluding carboxylic acids is 1. The summed E-state index contributed by atoms with van der Waals surface area (Å²) in [6, 6.07) is 11.2. The normalized spacial score (nSPS) is 10.3. The van der Waals surface area contributed by atoms with Crippen LogP contribution in [0.1, 0.15) is 23.6 Å². The molecular formula is C18H20ClNO3. The molecule has 0 aromatic heterocycles. The highest BCUT2D eigenvalue weighted by Gasteiger charge is 2.13. The third kappa shape index (κ3) is 4.39. The van der Waals surface area contributed by atoms with Crippen LogP contribution in [0.15, 0.2) is 36.4 Å². The zero-order valence-electron chi connectivity index (χ0n) is 13.5. The van der Waals surface area contributed by atoms with Crippen molar-refractivity contribution in [2.45, 2.75) is 26.9 Å². The molecule has 0 saturated carbocycles. The number of hydrogen-bond acceptors (Lipinski definition) is 3. The number of hydrogen-bond donors (Lipinski definition) is 1. The van der Waals surface area contributed by atoms with E-state index in [1.54, 1.807) is 18.2 Å².